The normalized spacial score (nSPS) is 23.5. The molecular formula is C22H35N3O6S. The topological polar surface area (TPSA) is 113 Å². The number of benzene rings is 1. The summed E-state index contributed by atoms with van der Waals surface area (Å²) >= 11 is 0. The number of hydrogen-bond acceptors (Lipinski definition) is 7. The van der Waals surface area contributed by atoms with E-state index in [4.69, 9.17) is 4.74 Å². The van der Waals surface area contributed by atoms with Crippen LogP contribution in [0.3, 0.4) is 0 Å². The number of hydrogen-bond donors (Lipinski definition) is 1. The predicted octanol–water partition coefficient (Wildman–Crippen LogP) is 2.78. The Labute approximate surface area is 190 Å². The number of non-ortho nitro benzene ring substituents is 1. The van der Waals surface area contributed by atoms with Crippen LogP contribution in [0.1, 0.15) is 51.4 Å². The van der Waals surface area contributed by atoms with Crippen LogP contribution < -0.4 is 0 Å². The van der Waals surface area contributed by atoms with Gasteiger partial charge in [0.2, 0.25) is 10.0 Å². The molecule has 2 aliphatic rings. The Balaban J connectivity index is 1.36. The maximum atomic E-state index is 12.9. The number of likely N-dealkylation sites (tertiary alicyclic amines) is 1. The molecule has 1 saturated heterocycles. The van der Waals surface area contributed by atoms with Crippen LogP contribution in [0.2, 0.25) is 0 Å². The zero-order chi connectivity index (χ0) is 23.1. The first-order valence-corrected chi connectivity index (χ1v) is 13.0. The molecule has 2 fully saturated rings. The Hall–Kier alpha value is -1.59. The highest BCUT2D eigenvalue weighted by atomic mass is 32.2. The first-order valence-electron chi connectivity index (χ1n) is 11.5. The molecule has 0 radical (unpaired) electrons. The summed E-state index contributed by atoms with van der Waals surface area (Å²) in [5.74, 6) is 0. The second-order valence-corrected chi connectivity index (χ2v) is 10.9. The lowest BCUT2D eigenvalue weighted by molar-refractivity contribution is -0.384. The molecule has 0 atom stereocenters. The molecule has 10 heteroatoms. The van der Waals surface area contributed by atoms with Gasteiger partial charge in [-0.3, -0.25) is 10.1 Å². The van der Waals surface area contributed by atoms with Crippen molar-refractivity contribution in [1.82, 2.24) is 9.21 Å². The van der Waals surface area contributed by atoms with Gasteiger partial charge in [0.05, 0.1) is 22.0 Å². The average molecular weight is 470 g/mol. The maximum absolute atomic E-state index is 12.9. The number of aliphatic hydroxyl groups excluding tert-OH is 1. The van der Waals surface area contributed by atoms with Gasteiger partial charge in [-0.05, 0) is 70.0 Å². The molecule has 0 amide bonds. The summed E-state index contributed by atoms with van der Waals surface area (Å²) < 4.78 is 33.2. The van der Waals surface area contributed by atoms with Crippen molar-refractivity contribution in [2.45, 2.75) is 74.5 Å². The Bertz CT molecular complexity index is 832. The molecule has 1 saturated carbocycles. The van der Waals surface area contributed by atoms with Gasteiger partial charge in [-0.15, -0.1) is 0 Å². The molecular weight excluding hydrogens is 434 g/mol. The fraction of sp³-hybridized carbons (Fsp3) is 0.727. The van der Waals surface area contributed by atoms with Crippen LogP contribution in [0.25, 0.3) is 0 Å². The molecule has 1 aromatic rings. The van der Waals surface area contributed by atoms with Gasteiger partial charge >= 0.3 is 0 Å². The summed E-state index contributed by atoms with van der Waals surface area (Å²) in [5, 5.41) is 20.4. The predicted molar refractivity (Wildman–Crippen MR) is 121 cm³/mol. The van der Waals surface area contributed by atoms with Crippen LogP contribution in [0.4, 0.5) is 5.69 Å². The minimum absolute atomic E-state index is 0.0761. The molecule has 1 aliphatic carbocycles. The number of piperidine rings is 1. The Morgan fingerprint density at radius 2 is 1.72 bits per heavy atom. The van der Waals surface area contributed by atoms with E-state index in [-0.39, 0.29) is 28.8 Å². The SMILES string of the molecule is CN(C1CCC(OCCCCN2CCC(O)CC2)CC1)S(=O)(=O)c1ccc([N+](=O)[O-])cc1. The summed E-state index contributed by atoms with van der Waals surface area (Å²) in [6, 6.07) is 4.94. The molecule has 1 aliphatic heterocycles. The number of aliphatic hydroxyl groups is 1. The lowest BCUT2D eigenvalue weighted by Crippen LogP contribution is -2.40. The van der Waals surface area contributed by atoms with Crippen molar-refractivity contribution in [2.75, 3.05) is 33.3 Å². The van der Waals surface area contributed by atoms with Crippen molar-refractivity contribution < 1.29 is 23.2 Å². The molecule has 32 heavy (non-hydrogen) atoms. The Kier molecular flexibility index (Phi) is 9.01. The van der Waals surface area contributed by atoms with E-state index in [0.717, 1.165) is 77.6 Å². The highest BCUT2D eigenvalue weighted by Crippen LogP contribution is 2.29. The summed E-state index contributed by atoms with van der Waals surface area (Å²) in [4.78, 5) is 12.7. The van der Waals surface area contributed by atoms with Gasteiger partial charge in [-0.25, -0.2) is 8.42 Å². The smallest absolute Gasteiger partial charge is 0.269 e. The zero-order valence-electron chi connectivity index (χ0n) is 18.8. The molecule has 0 aromatic heterocycles. The van der Waals surface area contributed by atoms with Gasteiger partial charge in [0.15, 0.2) is 0 Å². The average Bonchev–Trinajstić information content (AvgIpc) is 2.80. The molecule has 3 rings (SSSR count). The number of unbranched alkanes of at least 4 members (excludes halogenated alkanes) is 1. The van der Waals surface area contributed by atoms with E-state index in [1.807, 2.05) is 0 Å². The van der Waals surface area contributed by atoms with Crippen LogP contribution >= 0.6 is 0 Å². The third-order valence-corrected chi connectivity index (χ3v) is 8.59. The zero-order valence-corrected chi connectivity index (χ0v) is 19.6. The first kappa shape index (κ1) is 25.0. The van der Waals surface area contributed by atoms with Crippen LogP contribution in [0.15, 0.2) is 29.2 Å². The molecule has 1 N–H and O–H groups in total. The number of sulfonamides is 1. The van der Waals surface area contributed by atoms with Gasteiger partial charge < -0.3 is 14.7 Å². The second kappa shape index (κ2) is 11.5. The third kappa shape index (κ3) is 6.71. The number of nitro groups is 1. The fourth-order valence-electron chi connectivity index (χ4n) is 4.51. The largest absolute Gasteiger partial charge is 0.393 e. The van der Waals surface area contributed by atoms with Gasteiger partial charge in [0.1, 0.15) is 0 Å². The number of rotatable bonds is 10. The van der Waals surface area contributed by atoms with Crippen LogP contribution in [-0.4, -0.2) is 79.2 Å². The molecule has 1 heterocycles. The lowest BCUT2D eigenvalue weighted by Gasteiger charge is -2.34. The molecule has 180 valence electrons. The molecule has 0 unspecified atom stereocenters. The highest BCUT2D eigenvalue weighted by Gasteiger charge is 2.32. The summed E-state index contributed by atoms with van der Waals surface area (Å²) in [7, 11) is -2.10. The first-order chi connectivity index (χ1) is 15.3. The Morgan fingerprint density at radius 3 is 2.31 bits per heavy atom. The number of nitrogens with zero attached hydrogens (tertiary/aromatic N) is 3. The molecule has 1 aromatic carbocycles. The van der Waals surface area contributed by atoms with Gasteiger partial charge in [0, 0.05) is 44.9 Å². The van der Waals surface area contributed by atoms with Crippen molar-refractivity contribution in [3.8, 4) is 0 Å². The van der Waals surface area contributed by atoms with Gasteiger partial charge in [-0.1, -0.05) is 0 Å². The number of ether oxygens (including phenoxy) is 1. The monoisotopic (exact) mass is 469 g/mol. The quantitative estimate of drug-likeness (QED) is 0.318. The fourth-order valence-corrected chi connectivity index (χ4v) is 5.92. The highest BCUT2D eigenvalue weighted by molar-refractivity contribution is 7.89. The van der Waals surface area contributed by atoms with E-state index >= 15 is 0 Å². The summed E-state index contributed by atoms with van der Waals surface area (Å²) in [6.45, 7) is 3.72. The third-order valence-electron chi connectivity index (χ3n) is 6.66. The van der Waals surface area contributed by atoms with E-state index < -0.39 is 14.9 Å². The van der Waals surface area contributed by atoms with E-state index in [0.29, 0.717) is 0 Å². The van der Waals surface area contributed by atoms with Crippen molar-refractivity contribution in [1.29, 1.82) is 0 Å². The standard InChI is InChI=1S/C22H35N3O6S/c1-23(32(29,30)22-10-6-19(7-11-22)25(27)28)18-4-8-21(9-5-18)31-17-3-2-14-24-15-12-20(26)13-16-24/h6-7,10-11,18,20-21,26H,2-5,8-9,12-17H2,1H3. The van der Waals surface area contributed by atoms with Crippen LogP contribution in [0, 0.1) is 10.1 Å². The Morgan fingerprint density at radius 1 is 1.09 bits per heavy atom. The van der Waals surface area contributed by atoms with E-state index in [1.165, 1.54) is 28.6 Å². The summed E-state index contributed by atoms with van der Waals surface area (Å²) in [6.07, 6.45) is 7.01. The van der Waals surface area contributed by atoms with Gasteiger partial charge in [0.25, 0.3) is 5.69 Å². The van der Waals surface area contributed by atoms with Crippen LogP contribution in [-0.2, 0) is 14.8 Å². The summed E-state index contributed by atoms with van der Waals surface area (Å²) in [5.41, 5.74) is -0.126. The van der Waals surface area contributed by atoms with Crippen molar-refractivity contribution in [3.63, 3.8) is 0 Å². The van der Waals surface area contributed by atoms with Crippen LogP contribution in [0.5, 0.6) is 0 Å². The van der Waals surface area contributed by atoms with E-state index in [2.05, 4.69) is 4.90 Å². The van der Waals surface area contributed by atoms with Crippen molar-refractivity contribution in [2.24, 2.45) is 0 Å². The van der Waals surface area contributed by atoms with Crippen molar-refractivity contribution in [3.05, 3.63) is 34.4 Å². The molecule has 9 nitrogen and oxygen atoms in total. The van der Waals surface area contributed by atoms with Crippen molar-refractivity contribution >= 4 is 15.7 Å². The van der Waals surface area contributed by atoms with E-state index in [9.17, 15) is 23.6 Å². The van der Waals surface area contributed by atoms with Gasteiger partial charge in [-0.2, -0.15) is 4.31 Å². The number of nitro benzene ring substituents is 1. The minimum atomic E-state index is -3.69. The second-order valence-electron chi connectivity index (χ2n) is 8.85. The molecule has 0 bridgehead atoms. The maximum Gasteiger partial charge on any atom is 0.269 e. The van der Waals surface area contributed by atoms with E-state index in [1.54, 1.807) is 7.05 Å². The minimum Gasteiger partial charge on any atom is -0.393 e. The molecule has 0 spiro atoms. The lowest BCUT2D eigenvalue weighted by atomic mass is 9.93.